The Morgan fingerprint density at radius 3 is 2.78 bits per heavy atom. The molecule has 0 saturated carbocycles. The van der Waals surface area contributed by atoms with Crippen LogP contribution in [0.25, 0.3) is 12.2 Å². The van der Waals surface area contributed by atoms with Crippen LogP contribution in [0.1, 0.15) is 6.42 Å². The van der Waals surface area contributed by atoms with E-state index in [-0.39, 0.29) is 0 Å². The van der Waals surface area contributed by atoms with Gasteiger partial charge in [-0.3, -0.25) is 0 Å². The van der Waals surface area contributed by atoms with E-state index in [2.05, 4.69) is 15.3 Å². The molecule has 5 nitrogen and oxygen atoms in total. The van der Waals surface area contributed by atoms with Gasteiger partial charge < -0.3 is 14.8 Å². The molecule has 3 rings (SSSR count). The third-order valence-electron chi connectivity index (χ3n) is 3.50. The van der Waals surface area contributed by atoms with Gasteiger partial charge in [-0.05, 0) is 18.2 Å². The van der Waals surface area contributed by atoms with Gasteiger partial charge >= 0.3 is 0 Å². The predicted molar refractivity (Wildman–Crippen MR) is 90.6 cm³/mol. The van der Waals surface area contributed by atoms with Crippen LogP contribution in [-0.4, -0.2) is 24.2 Å². The van der Waals surface area contributed by atoms with Crippen molar-refractivity contribution in [1.82, 2.24) is 9.97 Å². The summed E-state index contributed by atoms with van der Waals surface area (Å²) >= 11 is 6.03. The molecule has 1 N–H and O–H groups in total. The van der Waals surface area contributed by atoms with Crippen LogP contribution in [0, 0.1) is 0 Å². The molecule has 0 bridgehead atoms. The molecule has 1 aliphatic carbocycles. The van der Waals surface area contributed by atoms with Crippen molar-refractivity contribution in [1.29, 1.82) is 0 Å². The number of anilines is 2. The molecule has 6 heteroatoms. The highest BCUT2D eigenvalue weighted by atomic mass is 35.5. The third kappa shape index (κ3) is 3.29. The minimum absolute atomic E-state index is 0.598. The number of nitrogens with zero attached hydrogens (tertiary/aromatic N) is 2. The van der Waals surface area contributed by atoms with Crippen molar-refractivity contribution in [3.05, 3.63) is 57.7 Å². The zero-order valence-electron chi connectivity index (χ0n) is 12.8. The third-order valence-corrected chi connectivity index (χ3v) is 3.74. The van der Waals surface area contributed by atoms with Crippen molar-refractivity contribution < 1.29 is 9.47 Å². The number of hydrogen-bond donors (Lipinski definition) is 1. The monoisotopic (exact) mass is 329 g/mol. The zero-order valence-corrected chi connectivity index (χ0v) is 13.6. The lowest BCUT2D eigenvalue weighted by Crippen LogP contribution is -2.31. The fourth-order valence-electron chi connectivity index (χ4n) is 2.38. The second kappa shape index (κ2) is 6.71. The number of methoxy groups -OCH3 is 2. The predicted octanol–water partition coefficient (Wildman–Crippen LogP) is 2.34. The maximum Gasteiger partial charge on any atom is 0.158 e. The molecule has 0 aliphatic heterocycles. The minimum atomic E-state index is 0.598. The van der Waals surface area contributed by atoms with E-state index in [0.29, 0.717) is 23.0 Å². The molecule has 2 aromatic rings. The average Bonchev–Trinajstić information content (AvgIpc) is 2.74. The van der Waals surface area contributed by atoms with E-state index in [9.17, 15) is 0 Å². The zero-order chi connectivity index (χ0) is 16.2. The van der Waals surface area contributed by atoms with Gasteiger partial charge in [0.2, 0.25) is 0 Å². The standard InChI is InChI=1S/C17H16ClN3O2/c1-22-15-7-6-13-14(9-16(15)23-2)19-10-20-17(13)21-12-5-3-4-11(18)8-12/h3-6,8-10H,7H2,1-2H3,(H,19,20,21). The van der Waals surface area contributed by atoms with Gasteiger partial charge in [-0.2, -0.15) is 0 Å². The maximum atomic E-state index is 6.03. The van der Waals surface area contributed by atoms with Crippen molar-refractivity contribution in [2.45, 2.75) is 6.42 Å². The average molecular weight is 330 g/mol. The van der Waals surface area contributed by atoms with E-state index in [1.54, 1.807) is 14.2 Å². The number of benzene rings is 1. The van der Waals surface area contributed by atoms with E-state index in [0.717, 1.165) is 22.0 Å². The Labute approximate surface area is 138 Å². The summed E-state index contributed by atoms with van der Waals surface area (Å²) in [4.78, 5) is 8.68. The summed E-state index contributed by atoms with van der Waals surface area (Å²) in [6.07, 6.45) is 5.98. The molecule has 0 saturated heterocycles. The molecule has 1 heterocycles. The van der Waals surface area contributed by atoms with E-state index in [1.807, 2.05) is 36.4 Å². The molecule has 1 aliphatic rings. The maximum absolute atomic E-state index is 6.03. The second-order valence-electron chi connectivity index (χ2n) is 4.90. The van der Waals surface area contributed by atoms with Gasteiger partial charge in [0.25, 0.3) is 0 Å². The molecule has 23 heavy (non-hydrogen) atoms. The van der Waals surface area contributed by atoms with Crippen LogP contribution in [0.5, 0.6) is 0 Å². The summed E-state index contributed by atoms with van der Waals surface area (Å²) in [6, 6.07) is 7.48. The summed E-state index contributed by atoms with van der Waals surface area (Å²) in [7, 11) is 3.24. The quantitative estimate of drug-likeness (QED) is 0.933. The molecule has 1 aromatic carbocycles. The smallest absolute Gasteiger partial charge is 0.158 e. The van der Waals surface area contributed by atoms with Crippen LogP contribution in [0.4, 0.5) is 11.5 Å². The van der Waals surface area contributed by atoms with Gasteiger partial charge in [0.05, 0.1) is 19.6 Å². The van der Waals surface area contributed by atoms with Gasteiger partial charge in [0.15, 0.2) is 5.76 Å². The Bertz CT molecular complexity index is 878. The van der Waals surface area contributed by atoms with Gasteiger partial charge in [0.1, 0.15) is 17.9 Å². The van der Waals surface area contributed by atoms with Crippen molar-refractivity contribution in [2.24, 2.45) is 0 Å². The summed E-state index contributed by atoms with van der Waals surface area (Å²) in [6.45, 7) is 0. The molecule has 1 aromatic heterocycles. The van der Waals surface area contributed by atoms with Crippen LogP contribution in [-0.2, 0) is 9.47 Å². The number of fused-ring (bicyclic) bond motifs is 1. The van der Waals surface area contributed by atoms with E-state index >= 15 is 0 Å². The number of aromatic nitrogens is 2. The number of nitrogens with one attached hydrogen (secondary N) is 1. The Morgan fingerprint density at radius 2 is 2.04 bits per heavy atom. The lowest BCUT2D eigenvalue weighted by atomic mass is 10.2. The Hall–Kier alpha value is -2.53. The molecule has 0 amide bonds. The number of hydrogen-bond acceptors (Lipinski definition) is 5. The lowest BCUT2D eigenvalue weighted by molar-refractivity contribution is 0.232. The molecule has 0 radical (unpaired) electrons. The lowest BCUT2D eigenvalue weighted by Gasteiger charge is -2.06. The van der Waals surface area contributed by atoms with Crippen molar-refractivity contribution >= 4 is 35.3 Å². The van der Waals surface area contributed by atoms with Gasteiger partial charge in [-0.25, -0.2) is 9.97 Å². The SMILES string of the molecule is COC1=C(OC)CC=c2c(Nc3cccc(Cl)c3)ncnc2=C1. The van der Waals surface area contributed by atoms with Crippen LogP contribution in [0.15, 0.2) is 42.1 Å². The van der Waals surface area contributed by atoms with E-state index in [4.69, 9.17) is 21.1 Å². The van der Waals surface area contributed by atoms with Crippen LogP contribution >= 0.6 is 11.6 Å². The second-order valence-corrected chi connectivity index (χ2v) is 5.34. The minimum Gasteiger partial charge on any atom is -0.497 e. The molecular formula is C17H16ClN3O2. The normalized spacial score (nSPS) is 13.3. The molecule has 0 atom stereocenters. The molecule has 0 unspecified atom stereocenters. The number of ether oxygens (including phenoxy) is 2. The Morgan fingerprint density at radius 1 is 1.17 bits per heavy atom. The largest absolute Gasteiger partial charge is 0.497 e. The summed E-state index contributed by atoms with van der Waals surface area (Å²) in [5.74, 6) is 2.12. The number of allylic oxidation sites excluding steroid dienone is 2. The Balaban J connectivity index is 2.07. The molecule has 0 fully saturated rings. The first-order chi connectivity index (χ1) is 11.2. The summed E-state index contributed by atoms with van der Waals surface area (Å²) in [5.41, 5.74) is 0.864. The highest BCUT2D eigenvalue weighted by Gasteiger charge is 2.10. The fourth-order valence-corrected chi connectivity index (χ4v) is 2.58. The summed E-state index contributed by atoms with van der Waals surface area (Å²) < 4.78 is 10.8. The van der Waals surface area contributed by atoms with E-state index in [1.165, 1.54) is 6.33 Å². The highest BCUT2D eigenvalue weighted by Crippen LogP contribution is 2.18. The van der Waals surface area contributed by atoms with Crippen LogP contribution in [0.2, 0.25) is 5.02 Å². The molecule has 118 valence electrons. The van der Waals surface area contributed by atoms with Crippen molar-refractivity contribution in [3.8, 4) is 0 Å². The van der Waals surface area contributed by atoms with E-state index < -0.39 is 0 Å². The Kier molecular flexibility index (Phi) is 4.48. The van der Waals surface area contributed by atoms with Crippen molar-refractivity contribution in [2.75, 3.05) is 19.5 Å². The van der Waals surface area contributed by atoms with Gasteiger partial charge in [0, 0.05) is 28.4 Å². The number of halogens is 1. The first-order valence-electron chi connectivity index (χ1n) is 7.08. The van der Waals surface area contributed by atoms with Gasteiger partial charge in [-0.15, -0.1) is 0 Å². The topological polar surface area (TPSA) is 56.3 Å². The first kappa shape index (κ1) is 15.4. The first-order valence-corrected chi connectivity index (χ1v) is 7.45. The fraction of sp³-hybridized carbons (Fsp3) is 0.176. The van der Waals surface area contributed by atoms with Gasteiger partial charge in [-0.1, -0.05) is 23.7 Å². The van der Waals surface area contributed by atoms with Crippen molar-refractivity contribution in [3.63, 3.8) is 0 Å². The van der Waals surface area contributed by atoms with Crippen LogP contribution < -0.4 is 15.9 Å². The number of rotatable bonds is 4. The highest BCUT2D eigenvalue weighted by molar-refractivity contribution is 6.30. The van der Waals surface area contributed by atoms with Crippen LogP contribution in [0.3, 0.4) is 0 Å². The molecular weight excluding hydrogens is 314 g/mol. The summed E-state index contributed by atoms with van der Waals surface area (Å²) in [5, 5.41) is 5.61. The molecule has 0 spiro atoms.